The predicted molar refractivity (Wildman–Crippen MR) is 98.5 cm³/mol. The molecule has 1 aromatic rings. The lowest BCUT2D eigenvalue weighted by Gasteiger charge is -2.57. The van der Waals surface area contributed by atoms with Gasteiger partial charge in [-0.15, -0.1) is 0 Å². The van der Waals surface area contributed by atoms with Crippen molar-refractivity contribution in [1.29, 1.82) is 0 Å². The highest BCUT2D eigenvalue weighted by Gasteiger charge is 2.52. The molecular weight excluding hydrogens is 350 g/mol. The SMILES string of the molecule is C[C@H](COc1ccc(C23CC4CC(CC(C4)C2)C3)c(F)c1F)C(CO)CO. The van der Waals surface area contributed by atoms with Crippen LogP contribution >= 0.6 is 0 Å². The first-order valence-corrected chi connectivity index (χ1v) is 10.3. The maximum atomic E-state index is 15.1. The number of ether oxygens (including phenoxy) is 1. The van der Waals surface area contributed by atoms with Crippen molar-refractivity contribution in [2.24, 2.45) is 29.6 Å². The molecule has 0 aromatic heterocycles. The molecule has 1 atom stereocenters. The lowest BCUT2D eigenvalue weighted by Crippen LogP contribution is -2.49. The highest BCUT2D eigenvalue weighted by Crippen LogP contribution is 2.61. The lowest BCUT2D eigenvalue weighted by atomic mass is 9.48. The molecule has 150 valence electrons. The molecule has 1 aromatic carbocycles. The second kappa shape index (κ2) is 7.32. The Labute approximate surface area is 159 Å². The first-order chi connectivity index (χ1) is 13.0. The summed E-state index contributed by atoms with van der Waals surface area (Å²) in [5, 5.41) is 18.5. The summed E-state index contributed by atoms with van der Waals surface area (Å²) in [5.41, 5.74) is 0.354. The number of benzene rings is 1. The Bertz CT molecular complexity index is 651. The van der Waals surface area contributed by atoms with E-state index in [4.69, 9.17) is 4.74 Å². The van der Waals surface area contributed by atoms with E-state index in [-0.39, 0.29) is 42.8 Å². The summed E-state index contributed by atoms with van der Waals surface area (Å²) in [5.74, 6) is -0.210. The molecule has 27 heavy (non-hydrogen) atoms. The van der Waals surface area contributed by atoms with Gasteiger partial charge in [-0.05, 0) is 79.2 Å². The van der Waals surface area contributed by atoms with Crippen LogP contribution in [0.2, 0.25) is 0 Å². The molecule has 3 nitrogen and oxygen atoms in total. The Morgan fingerprint density at radius 3 is 2.07 bits per heavy atom. The van der Waals surface area contributed by atoms with E-state index in [9.17, 15) is 14.6 Å². The molecule has 5 rings (SSSR count). The molecule has 0 heterocycles. The molecular formula is C22H30F2O3. The minimum Gasteiger partial charge on any atom is -0.490 e. The molecule has 0 spiro atoms. The van der Waals surface area contributed by atoms with E-state index in [1.807, 2.05) is 6.92 Å². The maximum absolute atomic E-state index is 15.1. The van der Waals surface area contributed by atoms with Crippen molar-refractivity contribution in [3.8, 4) is 5.75 Å². The highest BCUT2D eigenvalue weighted by atomic mass is 19.2. The fourth-order valence-electron chi connectivity index (χ4n) is 6.27. The molecule has 4 bridgehead atoms. The van der Waals surface area contributed by atoms with Crippen LogP contribution in [0.15, 0.2) is 12.1 Å². The Hall–Kier alpha value is -1.20. The van der Waals surface area contributed by atoms with Gasteiger partial charge in [0.2, 0.25) is 5.82 Å². The molecule has 4 aliphatic carbocycles. The van der Waals surface area contributed by atoms with Gasteiger partial charge in [0.15, 0.2) is 11.6 Å². The van der Waals surface area contributed by atoms with Gasteiger partial charge < -0.3 is 14.9 Å². The van der Waals surface area contributed by atoms with Crippen LogP contribution < -0.4 is 4.74 Å². The molecule has 0 saturated heterocycles. The van der Waals surface area contributed by atoms with E-state index in [1.54, 1.807) is 12.1 Å². The summed E-state index contributed by atoms with van der Waals surface area (Å²) >= 11 is 0. The van der Waals surface area contributed by atoms with Crippen LogP contribution in [0.4, 0.5) is 8.78 Å². The first kappa shape index (κ1) is 19.1. The summed E-state index contributed by atoms with van der Waals surface area (Å²) in [6.07, 6.45) is 6.75. The fourth-order valence-corrected chi connectivity index (χ4v) is 6.27. The van der Waals surface area contributed by atoms with E-state index >= 15 is 4.39 Å². The quantitative estimate of drug-likeness (QED) is 0.750. The Kier molecular flexibility index (Phi) is 5.19. The Morgan fingerprint density at radius 1 is 1.00 bits per heavy atom. The second-order valence-electron chi connectivity index (χ2n) is 9.35. The average Bonchev–Trinajstić information content (AvgIpc) is 2.62. The van der Waals surface area contributed by atoms with Crippen molar-refractivity contribution in [2.45, 2.75) is 50.9 Å². The van der Waals surface area contributed by atoms with Crippen molar-refractivity contribution in [2.75, 3.05) is 19.8 Å². The molecule has 4 aliphatic rings. The summed E-state index contributed by atoms with van der Waals surface area (Å²) in [6, 6.07) is 3.30. The molecule has 4 saturated carbocycles. The average molecular weight is 380 g/mol. The number of hydrogen-bond donors (Lipinski definition) is 2. The standard InChI is InChI=1S/C22H30F2O3/c1-13(17(10-25)11-26)12-27-19-3-2-18(20(23)21(19)24)22-7-14-4-15(8-22)6-16(5-14)9-22/h2-3,13-17,25-26H,4-12H2,1H3/t13-,14?,15?,16?,22?/m1/s1. The van der Waals surface area contributed by atoms with Crippen molar-refractivity contribution in [3.05, 3.63) is 29.3 Å². The van der Waals surface area contributed by atoms with Crippen LogP contribution in [0.5, 0.6) is 5.75 Å². The molecule has 5 heteroatoms. The summed E-state index contributed by atoms with van der Waals surface area (Å²) in [6.45, 7) is 1.61. The molecule has 4 fully saturated rings. The monoisotopic (exact) mass is 380 g/mol. The van der Waals surface area contributed by atoms with E-state index in [2.05, 4.69) is 0 Å². The number of aliphatic hydroxyl groups is 2. The number of aliphatic hydroxyl groups excluding tert-OH is 2. The van der Waals surface area contributed by atoms with Gasteiger partial charge in [-0.1, -0.05) is 13.0 Å². The molecule has 0 aliphatic heterocycles. The molecule has 0 unspecified atom stereocenters. The number of hydrogen-bond acceptors (Lipinski definition) is 3. The van der Waals surface area contributed by atoms with Gasteiger partial charge in [0.05, 0.1) is 6.61 Å². The van der Waals surface area contributed by atoms with Gasteiger partial charge in [0.1, 0.15) is 0 Å². The fraction of sp³-hybridized carbons (Fsp3) is 0.727. The van der Waals surface area contributed by atoms with Gasteiger partial charge in [-0.3, -0.25) is 0 Å². The van der Waals surface area contributed by atoms with E-state index in [1.165, 1.54) is 19.3 Å². The van der Waals surface area contributed by atoms with Crippen LogP contribution in [0, 0.1) is 41.2 Å². The van der Waals surface area contributed by atoms with Crippen molar-refractivity contribution in [1.82, 2.24) is 0 Å². The topological polar surface area (TPSA) is 49.7 Å². The Morgan fingerprint density at radius 2 is 1.56 bits per heavy atom. The van der Waals surface area contributed by atoms with E-state index in [0.29, 0.717) is 23.3 Å². The van der Waals surface area contributed by atoms with Crippen LogP contribution in [0.3, 0.4) is 0 Å². The van der Waals surface area contributed by atoms with Gasteiger partial charge in [-0.25, -0.2) is 4.39 Å². The molecule has 2 N–H and O–H groups in total. The summed E-state index contributed by atoms with van der Waals surface area (Å²) < 4.78 is 35.3. The van der Waals surface area contributed by atoms with Gasteiger partial charge >= 0.3 is 0 Å². The Balaban J connectivity index is 1.53. The van der Waals surface area contributed by atoms with Crippen molar-refractivity contribution >= 4 is 0 Å². The second-order valence-corrected chi connectivity index (χ2v) is 9.35. The summed E-state index contributed by atoms with van der Waals surface area (Å²) in [4.78, 5) is 0. The third-order valence-electron chi connectivity index (χ3n) is 7.43. The number of rotatable bonds is 7. The third-order valence-corrected chi connectivity index (χ3v) is 7.43. The summed E-state index contributed by atoms with van der Waals surface area (Å²) in [7, 11) is 0. The van der Waals surface area contributed by atoms with Gasteiger partial charge in [0.25, 0.3) is 0 Å². The number of halogens is 2. The molecule has 0 radical (unpaired) electrons. The highest BCUT2D eigenvalue weighted by molar-refractivity contribution is 5.37. The minimum absolute atomic E-state index is 0.0811. The third kappa shape index (κ3) is 3.38. The first-order valence-electron chi connectivity index (χ1n) is 10.3. The largest absolute Gasteiger partial charge is 0.490 e. The van der Waals surface area contributed by atoms with Gasteiger partial charge in [-0.2, -0.15) is 4.39 Å². The smallest absolute Gasteiger partial charge is 0.200 e. The van der Waals surface area contributed by atoms with Crippen LogP contribution in [0.25, 0.3) is 0 Å². The van der Waals surface area contributed by atoms with Crippen LogP contribution in [-0.2, 0) is 5.41 Å². The predicted octanol–water partition coefficient (Wildman–Crippen LogP) is 4.05. The zero-order chi connectivity index (χ0) is 19.2. The minimum atomic E-state index is -0.903. The maximum Gasteiger partial charge on any atom is 0.200 e. The van der Waals surface area contributed by atoms with E-state index in [0.717, 1.165) is 19.3 Å². The van der Waals surface area contributed by atoms with Crippen LogP contribution in [0.1, 0.15) is 51.0 Å². The zero-order valence-corrected chi connectivity index (χ0v) is 16.0. The lowest BCUT2D eigenvalue weighted by molar-refractivity contribution is -0.00710. The zero-order valence-electron chi connectivity index (χ0n) is 16.0. The van der Waals surface area contributed by atoms with E-state index < -0.39 is 11.6 Å². The van der Waals surface area contributed by atoms with Crippen molar-refractivity contribution in [3.63, 3.8) is 0 Å². The van der Waals surface area contributed by atoms with Crippen LogP contribution in [-0.4, -0.2) is 30.0 Å². The normalized spacial score (nSPS) is 32.9. The molecule has 0 amide bonds. The van der Waals surface area contributed by atoms with Gasteiger partial charge in [0, 0.05) is 19.1 Å². The van der Waals surface area contributed by atoms with Crippen molar-refractivity contribution < 1.29 is 23.7 Å².